The summed E-state index contributed by atoms with van der Waals surface area (Å²) in [4.78, 5) is 12.9. The minimum absolute atomic E-state index is 0.0874. The molecule has 0 radical (unpaired) electrons. The molecule has 0 spiro atoms. The molecule has 0 saturated carbocycles. The predicted octanol–water partition coefficient (Wildman–Crippen LogP) is 3.37. The molecule has 4 nitrogen and oxygen atoms in total. The zero-order valence-corrected chi connectivity index (χ0v) is 14.0. The average Bonchev–Trinajstić information content (AvgIpc) is 2.53. The molecule has 1 N–H and O–H groups in total. The molecule has 1 aromatic carbocycles. The Hall–Kier alpha value is -1.04. The number of ether oxygens (including phenoxy) is 2. The molecule has 0 heterocycles. The number of hydrogen-bond donors (Lipinski definition) is 1. The van der Waals surface area contributed by atoms with Gasteiger partial charge in [-0.1, -0.05) is 26.0 Å². The van der Waals surface area contributed by atoms with E-state index in [1.165, 1.54) is 11.8 Å². The first-order valence-electron chi connectivity index (χ1n) is 7.22. The Balaban J connectivity index is 2.47. The van der Waals surface area contributed by atoms with Crippen molar-refractivity contribution in [3.63, 3.8) is 0 Å². The molecular weight excluding hydrogens is 286 g/mol. The van der Waals surface area contributed by atoms with Gasteiger partial charge in [0, 0.05) is 30.7 Å². The molecule has 1 amide bonds. The van der Waals surface area contributed by atoms with E-state index in [1.807, 2.05) is 24.3 Å². The first-order valence-corrected chi connectivity index (χ1v) is 8.20. The van der Waals surface area contributed by atoms with Crippen molar-refractivity contribution in [2.45, 2.75) is 43.9 Å². The Bertz CT molecular complexity index is 414. The van der Waals surface area contributed by atoms with E-state index in [4.69, 9.17) is 9.47 Å². The van der Waals surface area contributed by atoms with Crippen molar-refractivity contribution < 1.29 is 14.3 Å². The van der Waals surface area contributed by atoms with Gasteiger partial charge in [0.05, 0.1) is 5.75 Å². The van der Waals surface area contributed by atoms with Gasteiger partial charge in [-0.25, -0.2) is 0 Å². The van der Waals surface area contributed by atoms with E-state index in [-0.39, 0.29) is 18.2 Å². The van der Waals surface area contributed by atoms with Crippen molar-refractivity contribution in [2.24, 2.45) is 0 Å². The van der Waals surface area contributed by atoms with E-state index in [0.717, 1.165) is 23.3 Å². The minimum atomic E-state index is -0.345. The van der Waals surface area contributed by atoms with E-state index < -0.39 is 0 Å². The third kappa shape index (κ3) is 6.08. The maximum absolute atomic E-state index is 11.8. The summed E-state index contributed by atoms with van der Waals surface area (Å²) in [6, 6.07) is 8.16. The summed E-state index contributed by atoms with van der Waals surface area (Å²) in [5.74, 6) is 0.526. The normalized spacial score (nSPS) is 11.1. The molecule has 0 fully saturated rings. The number of nitrogens with one attached hydrogen (secondary N) is 1. The van der Waals surface area contributed by atoms with Crippen molar-refractivity contribution in [1.29, 1.82) is 0 Å². The Kier molecular flexibility index (Phi) is 8.42. The highest BCUT2D eigenvalue weighted by molar-refractivity contribution is 8.00. The summed E-state index contributed by atoms with van der Waals surface area (Å²) in [7, 11) is 3.22. The van der Waals surface area contributed by atoms with E-state index in [9.17, 15) is 4.79 Å². The number of rotatable bonds is 9. The van der Waals surface area contributed by atoms with Crippen LogP contribution in [0.4, 0.5) is 0 Å². The second kappa shape index (κ2) is 9.82. The van der Waals surface area contributed by atoms with Crippen LogP contribution in [0.3, 0.4) is 0 Å². The van der Waals surface area contributed by atoms with Crippen LogP contribution in [0.5, 0.6) is 0 Å². The summed E-state index contributed by atoms with van der Waals surface area (Å²) in [5, 5.41) is 3.03. The maximum Gasteiger partial charge on any atom is 0.230 e. The lowest BCUT2D eigenvalue weighted by atomic mass is 10.2. The lowest BCUT2D eigenvalue weighted by Gasteiger charge is -2.15. The smallest absolute Gasteiger partial charge is 0.230 e. The first kappa shape index (κ1) is 18.0. The van der Waals surface area contributed by atoms with Crippen LogP contribution < -0.4 is 5.32 Å². The topological polar surface area (TPSA) is 47.6 Å². The van der Waals surface area contributed by atoms with Gasteiger partial charge in [-0.15, -0.1) is 11.8 Å². The summed E-state index contributed by atoms with van der Waals surface area (Å²) >= 11 is 1.53. The van der Waals surface area contributed by atoms with Crippen LogP contribution in [-0.4, -0.2) is 31.9 Å². The van der Waals surface area contributed by atoms with E-state index in [0.29, 0.717) is 5.75 Å². The Morgan fingerprint density at radius 1 is 1.14 bits per heavy atom. The van der Waals surface area contributed by atoms with Crippen LogP contribution in [0.25, 0.3) is 0 Å². The number of hydrogen-bond acceptors (Lipinski definition) is 4. The van der Waals surface area contributed by atoms with Gasteiger partial charge in [0.15, 0.2) is 6.29 Å². The lowest BCUT2D eigenvalue weighted by molar-refractivity contribution is -0.119. The van der Waals surface area contributed by atoms with Crippen molar-refractivity contribution in [1.82, 2.24) is 5.32 Å². The minimum Gasteiger partial charge on any atom is -0.353 e. The second-order valence-electron chi connectivity index (χ2n) is 4.74. The van der Waals surface area contributed by atoms with Gasteiger partial charge < -0.3 is 14.8 Å². The van der Waals surface area contributed by atoms with Crippen molar-refractivity contribution in [3.8, 4) is 0 Å². The molecule has 1 rings (SSSR count). The van der Waals surface area contributed by atoms with Gasteiger partial charge in [0.25, 0.3) is 0 Å². The number of amides is 1. The summed E-state index contributed by atoms with van der Waals surface area (Å²) < 4.78 is 10.4. The molecule has 0 aliphatic carbocycles. The molecule has 0 aromatic heterocycles. The van der Waals surface area contributed by atoms with E-state index in [2.05, 4.69) is 19.2 Å². The molecule has 0 bridgehead atoms. The van der Waals surface area contributed by atoms with Crippen LogP contribution in [0.2, 0.25) is 0 Å². The predicted molar refractivity (Wildman–Crippen MR) is 86.4 cm³/mol. The number of methoxy groups -OCH3 is 2. The zero-order chi connectivity index (χ0) is 15.7. The van der Waals surface area contributed by atoms with Crippen LogP contribution in [0.1, 0.15) is 38.5 Å². The molecule has 0 saturated heterocycles. The van der Waals surface area contributed by atoms with Gasteiger partial charge in [0.1, 0.15) is 0 Å². The molecule has 21 heavy (non-hydrogen) atoms. The Morgan fingerprint density at radius 2 is 1.71 bits per heavy atom. The molecule has 1 aromatic rings. The molecule has 0 unspecified atom stereocenters. The fraction of sp³-hybridized carbons (Fsp3) is 0.562. The fourth-order valence-corrected chi connectivity index (χ4v) is 2.71. The molecule has 0 aliphatic heterocycles. The number of thioether (sulfide) groups is 1. The lowest BCUT2D eigenvalue weighted by Crippen LogP contribution is -2.34. The van der Waals surface area contributed by atoms with Crippen molar-refractivity contribution in [3.05, 3.63) is 29.8 Å². The highest BCUT2D eigenvalue weighted by Gasteiger charge is 2.10. The monoisotopic (exact) mass is 311 g/mol. The molecule has 0 atom stereocenters. The number of benzene rings is 1. The van der Waals surface area contributed by atoms with Gasteiger partial charge in [-0.05, 0) is 25.0 Å². The van der Waals surface area contributed by atoms with Crippen LogP contribution >= 0.6 is 11.8 Å². The third-order valence-corrected chi connectivity index (χ3v) is 4.31. The zero-order valence-electron chi connectivity index (χ0n) is 13.2. The van der Waals surface area contributed by atoms with Gasteiger partial charge >= 0.3 is 0 Å². The average molecular weight is 311 g/mol. The molecular formula is C16H25NO3S. The summed E-state index contributed by atoms with van der Waals surface area (Å²) in [6.45, 7) is 4.17. The highest BCUT2D eigenvalue weighted by atomic mass is 32.2. The van der Waals surface area contributed by atoms with Gasteiger partial charge in [-0.2, -0.15) is 0 Å². The Labute approximate surface area is 131 Å². The van der Waals surface area contributed by atoms with E-state index in [1.54, 1.807) is 14.2 Å². The molecule has 5 heteroatoms. The SMILES string of the molecule is CCC(CC)NC(=O)CSc1ccc(C(OC)OC)cc1. The highest BCUT2D eigenvalue weighted by Crippen LogP contribution is 2.22. The standard InChI is InChI=1S/C16H25NO3S/c1-5-13(6-2)17-15(18)11-21-14-9-7-12(8-10-14)16(19-3)20-4/h7-10,13,16H,5-6,11H2,1-4H3,(H,17,18). The fourth-order valence-electron chi connectivity index (χ4n) is 2.00. The number of carbonyl (C=O) groups is 1. The van der Waals surface area contributed by atoms with E-state index >= 15 is 0 Å². The quantitative estimate of drug-likeness (QED) is 0.561. The molecule has 0 aliphatic rings. The van der Waals surface area contributed by atoms with Gasteiger partial charge in [0.2, 0.25) is 5.91 Å². The second-order valence-corrected chi connectivity index (χ2v) is 5.79. The summed E-state index contributed by atoms with van der Waals surface area (Å²) in [6.07, 6.45) is 1.59. The van der Waals surface area contributed by atoms with Crippen molar-refractivity contribution in [2.75, 3.05) is 20.0 Å². The Morgan fingerprint density at radius 3 is 2.19 bits per heavy atom. The summed E-state index contributed by atoms with van der Waals surface area (Å²) in [5.41, 5.74) is 0.964. The van der Waals surface area contributed by atoms with Crippen molar-refractivity contribution >= 4 is 17.7 Å². The number of carbonyl (C=O) groups excluding carboxylic acids is 1. The largest absolute Gasteiger partial charge is 0.353 e. The van der Waals surface area contributed by atoms with Crippen LogP contribution in [0, 0.1) is 0 Å². The first-order chi connectivity index (χ1) is 10.1. The maximum atomic E-state index is 11.8. The van der Waals surface area contributed by atoms with Crippen LogP contribution in [0.15, 0.2) is 29.2 Å². The molecule has 118 valence electrons. The van der Waals surface area contributed by atoms with Gasteiger partial charge in [-0.3, -0.25) is 4.79 Å². The van der Waals surface area contributed by atoms with Crippen LogP contribution in [-0.2, 0) is 14.3 Å². The third-order valence-electron chi connectivity index (χ3n) is 3.30.